The summed E-state index contributed by atoms with van der Waals surface area (Å²) in [5, 5.41) is 0. The third kappa shape index (κ3) is 40.1. The number of nitrogens with zero attached hydrogens (tertiary/aromatic N) is 1. The van der Waals surface area contributed by atoms with Crippen LogP contribution in [0.1, 0.15) is 104 Å². The summed E-state index contributed by atoms with van der Waals surface area (Å²) < 4.78 is 33.9. The predicted octanol–water partition coefficient (Wildman–Crippen LogP) is 11.3. The molecule has 0 heterocycles. The Balaban J connectivity index is 4.73. The molecule has 0 aromatic carbocycles. The van der Waals surface area contributed by atoms with Gasteiger partial charge in [0.2, 0.25) is 0 Å². The van der Waals surface area contributed by atoms with Gasteiger partial charge >= 0.3 is 19.8 Å². The molecular formula is C46H73NO8P+. The Hall–Kier alpha value is -3.59. The van der Waals surface area contributed by atoms with Gasteiger partial charge < -0.3 is 18.9 Å². The molecule has 0 saturated heterocycles. The van der Waals surface area contributed by atoms with Gasteiger partial charge in [-0.25, -0.2) is 4.57 Å². The van der Waals surface area contributed by atoms with Crippen molar-refractivity contribution in [2.75, 3.05) is 47.5 Å². The normalized spacial score (nSPS) is 14.9. The Bertz CT molecular complexity index is 1360. The largest absolute Gasteiger partial charge is 0.472 e. The van der Waals surface area contributed by atoms with Crippen molar-refractivity contribution in [2.45, 2.75) is 110 Å². The highest BCUT2D eigenvalue weighted by Crippen LogP contribution is 2.43. The highest BCUT2D eigenvalue weighted by atomic mass is 31.2. The summed E-state index contributed by atoms with van der Waals surface area (Å²) in [4.78, 5) is 35.1. The molecule has 0 rings (SSSR count). The van der Waals surface area contributed by atoms with Crippen LogP contribution in [-0.4, -0.2) is 74.9 Å². The number of phosphoric ester groups is 1. The zero-order valence-corrected chi connectivity index (χ0v) is 35.9. The number of allylic oxidation sites excluding steroid dienone is 18. The number of likely N-dealkylation sites (N-methyl/N-ethyl adjacent to an activating group) is 1. The van der Waals surface area contributed by atoms with Crippen molar-refractivity contribution in [3.8, 4) is 0 Å². The molecule has 1 N–H and O–H groups in total. The van der Waals surface area contributed by atoms with E-state index in [2.05, 4.69) is 98.9 Å². The third-order valence-corrected chi connectivity index (χ3v) is 8.48. The van der Waals surface area contributed by atoms with Crippen molar-refractivity contribution in [3.63, 3.8) is 0 Å². The first kappa shape index (κ1) is 52.4. The average Bonchev–Trinajstić information content (AvgIpc) is 3.15. The predicted molar refractivity (Wildman–Crippen MR) is 233 cm³/mol. The first-order valence-corrected chi connectivity index (χ1v) is 21.8. The van der Waals surface area contributed by atoms with Crippen LogP contribution in [0.5, 0.6) is 0 Å². The first-order chi connectivity index (χ1) is 27.0. The quantitative estimate of drug-likeness (QED) is 0.0297. The summed E-state index contributed by atoms with van der Waals surface area (Å²) in [7, 11) is 1.35. The Morgan fingerprint density at radius 2 is 0.893 bits per heavy atom. The highest BCUT2D eigenvalue weighted by Gasteiger charge is 2.26. The summed E-state index contributed by atoms with van der Waals surface area (Å²) in [6.45, 7) is 4.01. The van der Waals surface area contributed by atoms with E-state index in [-0.39, 0.29) is 26.1 Å². The third-order valence-electron chi connectivity index (χ3n) is 7.49. The van der Waals surface area contributed by atoms with Gasteiger partial charge in [-0.15, -0.1) is 0 Å². The van der Waals surface area contributed by atoms with Crippen LogP contribution in [0.25, 0.3) is 0 Å². The molecule has 0 saturated carbocycles. The molecule has 0 aliphatic rings. The molecule has 56 heavy (non-hydrogen) atoms. The molecule has 1 unspecified atom stereocenters. The van der Waals surface area contributed by atoms with Crippen LogP contribution in [0.2, 0.25) is 0 Å². The lowest BCUT2D eigenvalue weighted by molar-refractivity contribution is -0.870. The molecule has 0 bridgehead atoms. The number of phosphoric acid groups is 1. The Morgan fingerprint density at radius 1 is 0.536 bits per heavy atom. The fourth-order valence-electron chi connectivity index (χ4n) is 4.34. The number of hydrogen-bond donors (Lipinski definition) is 1. The second-order valence-corrected chi connectivity index (χ2v) is 15.4. The molecule has 9 nitrogen and oxygen atoms in total. The minimum Gasteiger partial charge on any atom is -0.461 e. The summed E-state index contributed by atoms with van der Waals surface area (Å²) in [5.74, 6) is -1.11. The van der Waals surface area contributed by atoms with Crippen LogP contribution in [-0.2, 0) is 32.7 Å². The standard InChI is InChI=1S/C46H72NO8P/c1-6-8-10-12-14-16-18-20-22-24-26-28-30-32-34-36-38-45(48)52-42-44(43-54-56(50,51)53-41-40-47(3,4)5)55-46(49)39-37-35-33-31-29-27-25-23-21-19-17-15-13-11-9-7-2/h10-13,16-19,22-25,28-31,34-37,44H,6-9,14-15,20-21,26-27,32-33,38-43H2,1-5H3/p+1/t44-/m1/s1. The second-order valence-electron chi connectivity index (χ2n) is 14.0. The Morgan fingerprint density at radius 3 is 1.27 bits per heavy atom. The number of rotatable bonds is 34. The van der Waals surface area contributed by atoms with E-state index in [4.69, 9.17) is 18.5 Å². The molecule has 0 aliphatic heterocycles. The van der Waals surface area contributed by atoms with E-state index in [1.54, 1.807) is 12.2 Å². The first-order valence-electron chi connectivity index (χ1n) is 20.3. The number of unbranched alkanes of at least 4 members (excludes halogenated alkanes) is 2. The van der Waals surface area contributed by atoms with E-state index in [0.717, 1.165) is 51.4 Å². The van der Waals surface area contributed by atoms with Gasteiger partial charge in [-0.05, 0) is 64.2 Å². The van der Waals surface area contributed by atoms with Crippen molar-refractivity contribution >= 4 is 19.8 Å². The number of quaternary nitrogens is 1. The smallest absolute Gasteiger partial charge is 0.461 e. The van der Waals surface area contributed by atoms with Gasteiger partial charge in [0, 0.05) is 0 Å². The topological polar surface area (TPSA) is 108 Å². The number of hydrogen-bond acceptors (Lipinski definition) is 7. The van der Waals surface area contributed by atoms with Crippen LogP contribution in [0, 0.1) is 0 Å². The van der Waals surface area contributed by atoms with E-state index in [9.17, 15) is 19.0 Å². The van der Waals surface area contributed by atoms with Gasteiger partial charge in [0.1, 0.15) is 19.8 Å². The van der Waals surface area contributed by atoms with Gasteiger partial charge in [0.05, 0.1) is 40.6 Å². The van der Waals surface area contributed by atoms with Crippen LogP contribution >= 0.6 is 7.82 Å². The summed E-state index contributed by atoms with van der Waals surface area (Å²) in [5.41, 5.74) is 0. The maximum Gasteiger partial charge on any atom is 0.472 e. The molecule has 0 aliphatic carbocycles. The average molecular weight is 799 g/mol. The summed E-state index contributed by atoms with van der Waals surface area (Å²) in [6.07, 6.45) is 51.7. The Kier molecular flexibility index (Phi) is 34.6. The lowest BCUT2D eigenvalue weighted by Crippen LogP contribution is -2.37. The fraction of sp³-hybridized carbons (Fsp3) is 0.522. The van der Waals surface area contributed by atoms with E-state index in [1.807, 2.05) is 45.4 Å². The van der Waals surface area contributed by atoms with Crippen molar-refractivity contribution in [1.82, 2.24) is 0 Å². The van der Waals surface area contributed by atoms with E-state index in [1.165, 1.54) is 12.8 Å². The SMILES string of the molecule is CCCC=CCC=CCC=CCC=CCC=CCC(=O)OC[C@H](COP(=O)(O)OCC[N+](C)(C)C)OC(=O)CC=CCC=CCC=CCC=CCC=CCCC. The minimum absolute atomic E-state index is 0.00580. The molecule has 0 aromatic heterocycles. The van der Waals surface area contributed by atoms with Gasteiger partial charge in [0.15, 0.2) is 6.10 Å². The van der Waals surface area contributed by atoms with Crippen molar-refractivity contribution in [2.24, 2.45) is 0 Å². The summed E-state index contributed by atoms with van der Waals surface area (Å²) >= 11 is 0. The molecule has 0 aromatic rings. The van der Waals surface area contributed by atoms with Crippen LogP contribution in [0.15, 0.2) is 122 Å². The van der Waals surface area contributed by atoms with Gasteiger partial charge in [-0.2, -0.15) is 0 Å². The van der Waals surface area contributed by atoms with Crippen molar-refractivity contribution in [1.29, 1.82) is 0 Å². The van der Waals surface area contributed by atoms with Crippen molar-refractivity contribution < 1.29 is 42.1 Å². The maximum absolute atomic E-state index is 12.6. The fourth-order valence-corrected chi connectivity index (χ4v) is 5.08. The molecule has 0 amide bonds. The van der Waals surface area contributed by atoms with Gasteiger partial charge in [0.25, 0.3) is 0 Å². The minimum atomic E-state index is -4.43. The molecule has 314 valence electrons. The molecule has 0 radical (unpaired) electrons. The number of carbonyl (C=O) groups is 2. The molecule has 10 heteroatoms. The second kappa shape index (κ2) is 37.0. The number of ether oxygens (including phenoxy) is 2. The van der Waals surface area contributed by atoms with E-state index >= 15 is 0 Å². The molecule has 2 atom stereocenters. The maximum atomic E-state index is 12.6. The van der Waals surface area contributed by atoms with Crippen molar-refractivity contribution in [3.05, 3.63) is 122 Å². The molecular weight excluding hydrogens is 725 g/mol. The number of carbonyl (C=O) groups excluding carboxylic acids is 2. The molecule has 0 fully saturated rings. The monoisotopic (exact) mass is 799 g/mol. The Labute approximate surface area is 339 Å². The summed E-state index contributed by atoms with van der Waals surface area (Å²) in [6, 6.07) is 0. The zero-order chi connectivity index (χ0) is 41.4. The van der Waals surface area contributed by atoms with Crippen LogP contribution in [0.4, 0.5) is 0 Å². The van der Waals surface area contributed by atoms with Crippen LogP contribution < -0.4 is 0 Å². The lowest BCUT2D eigenvalue weighted by atomic mass is 10.2. The van der Waals surface area contributed by atoms with Gasteiger partial charge in [-0.1, -0.05) is 148 Å². The van der Waals surface area contributed by atoms with Crippen LogP contribution in [0.3, 0.4) is 0 Å². The highest BCUT2D eigenvalue weighted by molar-refractivity contribution is 7.47. The lowest BCUT2D eigenvalue weighted by Gasteiger charge is -2.24. The molecule has 0 spiro atoms. The number of esters is 2. The van der Waals surface area contributed by atoms with Gasteiger partial charge in [-0.3, -0.25) is 18.6 Å². The van der Waals surface area contributed by atoms with E-state index in [0.29, 0.717) is 23.9 Å². The van der Waals surface area contributed by atoms with E-state index < -0.39 is 32.5 Å². The zero-order valence-electron chi connectivity index (χ0n) is 35.1.